The predicted octanol–water partition coefficient (Wildman–Crippen LogP) is 2.30. The van der Waals surface area contributed by atoms with Gasteiger partial charge in [-0.05, 0) is 43.5 Å². The van der Waals surface area contributed by atoms with Crippen LogP contribution < -0.4 is 5.32 Å². The predicted molar refractivity (Wildman–Crippen MR) is 71.8 cm³/mol. The highest BCUT2D eigenvalue weighted by Crippen LogP contribution is 2.26. The van der Waals surface area contributed by atoms with Gasteiger partial charge < -0.3 is 10.2 Å². The van der Waals surface area contributed by atoms with E-state index in [1.54, 1.807) is 6.07 Å². The first-order chi connectivity index (χ1) is 9.15. The van der Waals surface area contributed by atoms with Gasteiger partial charge in [0.05, 0.1) is 5.02 Å². The van der Waals surface area contributed by atoms with Gasteiger partial charge in [0.15, 0.2) is 0 Å². The third-order valence-corrected chi connectivity index (χ3v) is 4.42. The second-order valence-corrected chi connectivity index (χ2v) is 5.69. The molecule has 2 saturated heterocycles. The van der Waals surface area contributed by atoms with Crippen molar-refractivity contribution in [1.29, 1.82) is 0 Å². The number of benzene rings is 1. The number of carbonyl (C=O) groups is 1. The Hall–Kier alpha value is -1.13. The van der Waals surface area contributed by atoms with E-state index in [0.29, 0.717) is 17.5 Å². The Bertz CT molecular complexity index is 508. The van der Waals surface area contributed by atoms with Crippen LogP contribution in [0, 0.1) is 11.7 Å². The maximum atomic E-state index is 13.4. The summed E-state index contributed by atoms with van der Waals surface area (Å²) in [5.41, 5.74) is 0.381. The van der Waals surface area contributed by atoms with E-state index in [4.69, 9.17) is 11.6 Å². The first kappa shape index (κ1) is 12.9. The Morgan fingerprint density at radius 3 is 3.05 bits per heavy atom. The van der Waals surface area contributed by atoms with E-state index in [-0.39, 0.29) is 10.9 Å². The molecule has 102 valence electrons. The van der Waals surface area contributed by atoms with Crippen LogP contribution in [-0.2, 0) is 0 Å². The van der Waals surface area contributed by atoms with E-state index >= 15 is 0 Å². The van der Waals surface area contributed by atoms with E-state index in [0.717, 1.165) is 32.5 Å². The highest BCUT2D eigenvalue weighted by molar-refractivity contribution is 6.30. The Balaban J connectivity index is 1.74. The lowest BCUT2D eigenvalue weighted by molar-refractivity contribution is 0.0661. The van der Waals surface area contributed by atoms with E-state index < -0.39 is 5.82 Å². The number of hydrogen-bond donors (Lipinski definition) is 1. The van der Waals surface area contributed by atoms with Crippen molar-refractivity contribution in [3.8, 4) is 0 Å². The Kier molecular flexibility index (Phi) is 3.46. The lowest BCUT2D eigenvalue weighted by Crippen LogP contribution is -2.46. The fourth-order valence-corrected chi connectivity index (χ4v) is 3.16. The minimum Gasteiger partial charge on any atom is -0.338 e. The molecule has 0 spiro atoms. The van der Waals surface area contributed by atoms with Crippen LogP contribution in [0.1, 0.15) is 23.2 Å². The minimum absolute atomic E-state index is 0.0512. The van der Waals surface area contributed by atoms with Crippen molar-refractivity contribution < 1.29 is 9.18 Å². The van der Waals surface area contributed by atoms with E-state index in [9.17, 15) is 9.18 Å². The zero-order valence-corrected chi connectivity index (χ0v) is 11.3. The quantitative estimate of drug-likeness (QED) is 0.857. The van der Waals surface area contributed by atoms with Crippen LogP contribution in [-0.4, -0.2) is 36.5 Å². The van der Waals surface area contributed by atoms with Crippen LogP contribution in [0.3, 0.4) is 0 Å². The fourth-order valence-electron chi connectivity index (χ4n) is 3.04. The molecule has 1 aromatic carbocycles. The number of likely N-dealkylation sites (tertiary alicyclic amines) is 1. The molecule has 2 fully saturated rings. The number of piperidine rings is 1. The molecule has 0 aromatic heterocycles. The average Bonchev–Trinajstić information content (AvgIpc) is 2.88. The van der Waals surface area contributed by atoms with Crippen molar-refractivity contribution in [2.75, 3.05) is 19.6 Å². The number of fused-ring (bicyclic) bond motifs is 1. The topological polar surface area (TPSA) is 32.3 Å². The first-order valence-electron chi connectivity index (χ1n) is 6.63. The van der Waals surface area contributed by atoms with Crippen molar-refractivity contribution in [3.05, 3.63) is 34.6 Å². The lowest BCUT2D eigenvalue weighted by atomic mass is 9.93. The molecule has 0 radical (unpaired) electrons. The van der Waals surface area contributed by atoms with Gasteiger partial charge in [-0.25, -0.2) is 4.39 Å². The number of halogens is 2. The first-order valence-corrected chi connectivity index (χ1v) is 7.00. The molecule has 2 unspecified atom stereocenters. The molecule has 5 heteroatoms. The van der Waals surface area contributed by atoms with Crippen molar-refractivity contribution in [3.63, 3.8) is 0 Å². The molecule has 19 heavy (non-hydrogen) atoms. The molecule has 0 saturated carbocycles. The summed E-state index contributed by atoms with van der Waals surface area (Å²) in [7, 11) is 0. The summed E-state index contributed by atoms with van der Waals surface area (Å²) in [5.74, 6) is -0.0966. The summed E-state index contributed by atoms with van der Waals surface area (Å²) in [4.78, 5) is 14.2. The van der Waals surface area contributed by atoms with Crippen LogP contribution in [0.15, 0.2) is 18.2 Å². The Morgan fingerprint density at radius 1 is 1.42 bits per heavy atom. The standard InChI is InChI=1S/C14H16ClFN2O/c15-11-2-1-9(7-12(11)16)14(19)18-6-4-13-10(8-18)3-5-17-13/h1-2,7,10,13,17H,3-6,8H2. The van der Waals surface area contributed by atoms with Gasteiger partial charge in [-0.15, -0.1) is 0 Å². The summed E-state index contributed by atoms with van der Waals surface area (Å²) in [6, 6.07) is 4.80. The fraction of sp³-hybridized carbons (Fsp3) is 0.500. The van der Waals surface area contributed by atoms with Crippen LogP contribution in [0.2, 0.25) is 5.02 Å². The molecule has 3 nitrogen and oxygen atoms in total. The summed E-state index contributed by atoms with van der Waals surface area (Å²) in [6.07, 6.45) is 2.09. The zero-order chi connectivity index (χ0) is 13.4. The van der Waals surface area contributed by atoms with Crippen LogP contribution in [0.4, 0.5) is 4.39 Å². The molecule has 2 atom stereocenters. The Morgan fingerprint density at radius 2 is 2.26 bits per heavy atom. The third-order valence-electron chi connectivity index (χ3n) is 4.11. The van der Waals surface area contributed by atoms with E-state index in [2.05, 4.69) is 5.32 Å². The van der Waals surface area contributed by atoms with Crippen molar-refractivity contribution in [2.24, 2.45) is 5.92 Å². The van der Waals surface area contributed by atoms with Crippen molar-refractivity contribution in [2.45, 2.75) is 18.9 Å². The summed E-state index contributed by atoms with van der Waals surface area (Å²) >= 11 is 5.64. The molecule has 0 bridgehead atoms. The lowest BCUT2D eigenvalue weighted by Gasteiger charge is -2.34. The highest BCUT2D eigenvalue weighted by atomic mass is 35.5. The number of amides is 1. The second kappa shape index (κ2) is 5.10. The molecule has 1 N–H and O–H groups in total. The number of rotatable bonds is 1. The zero-order valence-electron chi connectivity index (χ0n) is 10.5. The Labute approximate surface area is 116 Å². The van der Waals surface area contributed by atoms with Crippen LogP contribution in [0.25, 0.3) is 0 Å². The van der Waals surface area contributed by atoms with Gasteiger partial charge in [0.25, 0.3) is 5.91 Å². The maximum absolute atomic E-state index is 13.4. The van der Waals surface area contributed by atoms with Crippen molar-refractivity contribution in [1.82, 2.24) is 10.2 Å². The smallest absolute Gasteiger partial charge is 0.253 e. The third kappa shape index (κ3) is 2.47. The molecule has 2 aliphatic rings. The normalized spacial score (nSPS) is 26.3. The molecular formula is C14H16ClFN2O. The van der Waals surface area contributed by atoms with Gasteiger partial charge in [0.2, 0.25) is 0 Å². The maximum Gasteiger partial charge on any atom is 0.253 e. The average molecular weight is 283 g/mol. The molecule has 0 aliphatic carbocycles. The monoisotopic (exact) mass is 282 g/mol. The summed E-state index contributed by atoms with van der Waals surface area (Å²) in [5, 5.41) is 3.51. The van der Waals surface area contributed by atoms with Gasteiger partial charge in [-0.3, -0.25) is 4.79 Å². The van der Waals surface area contributed by atoms with Gasteiger partial charge in [0, 0.05) is 24.7 Å². The number of carbonyl (C=O) groups excluding carboxylic acids is 1. The van der Waals surface area contributed by atoms with E-state index in [1.807, 2.05) is 4.90 Å². The number of hydrogen-bond acceptors (Lipinski definition) is 2. The summed E-state index contributed by atoms with van der Waals surface area (Å²) < 4.78 is 13.4. The summed E-state index contributed by atoms with van der Waals surface area (Å²) in [6.45, 7) is 2.53. The van der Waals surface area contributed by atoms with Gasteiger partial charge in [0.1, 0.15) is 5.82 Å². The molecule has 2 aliphatic heterocycles. The minimum atomic E-state index is -0.537. The van der Waals surface area contributed by atoms with Crippen molar-refractivity contribution >= 4 is 17.5 Å². The van der Waals surface area contributed by atoms with Gasteiger partial charge >= 0.3 is 0 Å². The number of nitrogens with one attached hydrogen (secondary N) is 1. The molecule has 1 amide bonds. The number of nitrogens with zero attached hydrogens (tertiary/aromatic N) is 1. The molecule has 2 heterocycles. The largest absolute Gasteiger partial charge is 0.338 e. The molecular weight excluding hydrogens is 267 g/mol. The molecule has 1 aromatic rings. The van der Waals surface area contributed by atoms with Crippen LogP contribution in [0.5, 0.6) is 0 Å². The highest BCUT2D eigenvalue weighted by Gasteiger charge is 2.34. The van der Waals surface area contributed by atoms with Crippen LogP contribution >= 0.6 is 11.6 Å². The molecule has 3 rings (SSSR count). The van der Waals surface area contributed by atoms with Gasteiger partial charge in [-0.1, -0.05) is 11.6 Å². The van der Waals surface area contributed by atoms with E-state index in [1.165, 1.54) is 12.1 Å². The van der Waals surface area contributed by atoms with Gasteiger partial charge in [-0.2, -0.15) is 0 Å². The SMILES string of the molecule is O=C(c1ccc(Cl)c(F)c1)N1CCC2NCCC2C1. The second-order valence-electron chi connectivity index (χ2n) is 5.28.